The lowest BCUT2D eigenvalue weighted by molar-refractivity contribution is -0.139. The number of ether oxygens (including phenoxy) is 3. The number of benzene rings is 2. The molecule has 5 N–H and O–H groups in total. The maximum absolute atomic E-state index is 13.1. The Morgan fingerprint density at radius 2 is 1.20 bits per heavy atom. The predicted octanol–water partition coefficient (Wildman–Crippen LogP) is 1.13. The van der Waals surface area contributed by atoms with Gasteiger partial charge in [-0.1, -0.05) is 12.1 Å². The van der Waals surface area contributed by atoms with Crippen molar-refractivity contribution in [3.8, 4) is 23.6 Å². The highest BCUT2D eigenvalue weighted by Gasteiger charge is 2.22. The van der Waals surface area contributed by atoms with Crippen molar-refractivity contribution >= 4 is 35.8 Å². The Labute approximate surface area is 281 Å². The van der Waals surface area contributed by atoms with Gasteiger partial charge in [0, 0.05) is 26.1 Å². The second kappa shape index (κ2) is 18.7. The fraction of sp³-hybridized carbons (Fsp3) is 0.375. The maximum Gasteiger partial charge on any atom is 0.407 e. The molecule has 2 aromatic carbocycles. The van der Waals surface area contributed by atoms with Gasteiger partial charge >= 0.3 is 18.0 Å². The summed E-state index contributed by atoms with van der Waals surface area (Å²) in [6.07, 6.45) is -1.05. The first-order valence-electron chi connectivity index (χ1n) is 14.6. The van der Waals surface area contributed by atoms with Gasteiger partial charge in [-0.15, -0.1) is 0 Å². The third-order valence-corrected chi connectivity index (χ3v) is 6.11. The molecule has 0 spiro atoms. The van der Waals surface area contributed by atoms with Gasteiger partial charge in [0.05, 0.1) is 0 Å². The van der Waals surface area contributed by atoms with Crippen LogP contribution in [0.15, 0.2) is 36.4 Å². The molecule has 0 saturated heterocycles. The van der Waals surface area contributed by atoms with E-state index >= 15 is 0 Å². The van der Waals surface area contributed by atoms with Crippen LogP contribution in [-0.2, 0) is 41.7 Å². The fourth-order valence-electron chi connectivity index (χ4n) is 3.91. The summed E-state index contributed by atoms with van der Waals surface area (Å²) in [7, 11) is 0. The third kappa shape index (κ3) is 13.9. The zero-order chi connectivity index (χ0) is 36.6. The molecule has 0 bridgehead atoms. The summed E-state index contributed by atoms with van der Waals surface area (Å²) in [6, 6.07) is 11.1. The van der Waals surface area contributed by atoms with Gasteiger partial charge in [0.1, 0.15) is 53.5 Å². The van der Waals surface area contributed by atoms with Crippen molar-refractivity contribution in [3.05, 3.63) is 58.7 Å². The molecule has 2 aromatic rings. The average Bonchev–Trinajstić information content (AvgIpc) is 3.03. The van der Waals surface area contributed by atoms with Crippen molar-refractivity contribution in [2.24, 2.45) is 0 Å². The van der Waals surface area contributed by atoms with Crippen LogP contribution < -0.4 is 16.0 Å². The molecule has 17 heteroatoms. The number of carbonyl (C=O) groups is 6. The van der Waals surface area contributed by atoms with Gasteiger partial charge in [0.2, 0.25) is 17.7 Å². The number of nitriles is 2. The summed E-state index contributed by atoms with van der Waals surface area (Å²) in [5.41, 5.74) is -0.374. The van der Waals surface area contributed by atoms with Gasteiger partial charge in [-0.25, -0.2) is 14.4 Å². The lowest BCUT2D eigenvalue weighted by Gasteiger charge is -2.23. The molecule has 0 unspecified atom stereocenters. The van der Waals surface area contributed by atoms with Crippen LogP contribution in [0.1, 0.15) is 59.0 Å². The Bertz CT molecular complexity index is 1540. The van der Waals surface area contributed by atoms with Gasteiger partial charge in [0.15, 0.2) is 13.2 Å². The maximum atomic E-state index is 13.1. The van der Waals surface area contributed by atoms with Gasteiger partial charge in [0.25, 0.3) is 0 Å². The van der Waals surface area contributed by atoms with Crippen LogP contribution in [0.25, 0.3) is 0 Å². The first kappa shape index (κ1) is 38.8. The van der Waals surface area contributed by atoms with Crippen LogP contribution >= 0.6 is 0 Å². The third-order valence-electron chi connectivity index (χ3n) is 6.11. The standard InChI is InChI=1S/C32H36N6O11/c1-32(2,3)49-31(46)35-11-8-28(43)38(18-26(41)36-16-20-4-6-22(24(39)14-20)29(44)47-12-9-33)19-27(42)37-17-21-5-7-23(25(40)15-21)30(45)48-13-10-34/h4-7,14-15,39-40H,8,11-13,16-19H2,1-3H3,(H,35,46)(H,36,41)(H,37,42). The minimum atomic E-state index is -0.909. The quantitative estimate of drug-likeness (QED) is 0.131. The molecule has 0 atom stereocenters. The van der Waals surface area contributed by atoms with E-state index in [1.54, 1.807) is 32.9 Å². The Balaban J connectivity index is 2.06. The van der Waals surface area contributed by atoms with Crippen molar-refractivity contribution in [2.75, 3.05) is 32.8 Å². The van der Waals surface area contributed by atoms with E-state index in [-0.39, 0.29) is 37.2 Å². The van der Waals surface area contributed by atoms with E-state index in [9.17, 15) is 39.0 Å². The lowest BCUT2D eigenvalue weighted by atomic mass is 10.1. The van der Waals surface area contributed by atoms with E-state index in [0.29, 0.717) is 11.1 Å². The summed E-state index contributed by atoms with van der Waals surface area (Å²) in [6.45, 7) is 2.45. The highest BCUT2D eigenvalue weighted by Crippen LogP contribution is 2.21. The zero-order valence-corrected chi connectivity index (χ0v) is 27.0. The molecule has 49 heavy (non-hydrogen) atoms. The van der Waals surface area contributed by atoms with Gasteiger partial charge in [-0.3, -0.25) is 14.4 Å². The van der Waals surface area contributed by atoms with Crippen LogP contribution in [0.2, 0.25) is 0 Å². The number of hydrogen-bond acceptors (Lipinski definition) is 13. The monoisotopic (exact) mass is 680 g/mol. The van der Waals surface area contributed by atoms with Crippen LogP contribution in [0.3, 0.4) is 0 Å². The second-order valence-electron chi connectivity index (χ2n) is 11.2. The smallest absolute Gasteiger partial charge is 0.407 e. The topological polar surface area (TPSA) is 257 Å². The summed E-state index contributed by atoms with van der Waals surface area (Å²) >= 11 is 0. The molecule has 0 radical (unpaired) electrons. The molecule has 4 amide bonds. The number of phenolic OH excluding ortho intramolecular Hbond substituents is 2. The SMILES string of the molecule is CC(C)(C)OC(=O)NCCC(=O)N(CC(=O)NCc1ccc(C(=O)OCC#N)c(O)c1)CC(=O)NCc1ccc(C(=O)OCC#N)c(O)c1. The Kier molecular flexibility index (Phi) is 14.8. The molecule has 0 fully saturated rings. The number of nitrogens with zero attached hydrogens (tertiary/aromatic N) is 3. The highest BCUT2D eigenvalue weighted by molar-refractivity contribution is 5.93. The number of alkyl carbamates (subject to hydrolysis) is 1. The minimum absolute atomic E-state index is 0.127. The molecule has 2 rings (SSSR count). The molecular formula is C32H36N6O11. The number of carbonyl (C=O) groups excluding carboxylic acids is 6. The molecule has 0 aliphatic carbocycles. The number of rotatable bonds is 15. The number of esters is 2. The molecule has 0 aliphatic rings. The molecule has 0 saturated carbocycles. The summed E-state index contributed by atoms with van der Waals surface area (Å²) in [4.78, 5) is 75.5. The van der Waals surface area contributed by atoms with Crippen molar-refractivity contribution in [2.45, 2.75) is 45.9 Å². The van der Waals surface area contributed by atoms with Crippen LogP contribution in [0, 0.1) is 22.7 Å². The Hall–Kier alpha value is -6.36. The summed E-state index contributed by atoms with van der Waals surface area (Å²) in [5, 5.41) is 45.0. The molecule has 17 nitrogen and oxygen atoms in total. The van der Waals surface area contributed by atoms with Crippen molar-refractivity contribution in [3.63, 3.8) is 0 Å². The average molecular weight is 681 g/mol. The first-order chi connectivity index (χ1) is 23.1. The normalized spacial score (nSPS) is 10.4. The van der Waals surface area contributed by atoms with Crippen molar-refractivity contribution < 1.29 is 53.2 Å². The molecule has 260 valence electrons. The van der Waals surface area contributed by atoms with E-state index in [0.717, 1.165) is 4.90 Å². The highest BCUT2D eigenvalue weighted by atomic mass is 16.6. The number of aromatic hydroxyl groups is 2. The number of phenols is 2. The van der Waals surface area contributed by atoms with Gasteiger partial charge < -0.3 is 45.3 Å². The Morgan fingerprint density at radius 3 is 1.59 bits per heavy atom. The number of amides is 4. The van der Waals surface area contributed by atoms with Crippen LogP contribution in [0.4, 0.5) is 4.79 Å². The van der Waals surface area contributed by atoms with Gasteiger partial charge in [-0.05, 0) is 56.2 Å². The molecule has 0 aliphatic heterocycles. The second-order valence-corrected chi connectivity index (χ2v) is 11.2. The van der Waals surface area contributed by atoms with Crippen LogP contribution in [-0.4, -0.2) is 89.3 Å². The predicted molar refractivity (Wildman–Crippen MR) is 167 cm³/mol. The number of nitrogens with one attached hydrogen (secondary N) is 3. The van der Waals surface area contributed by atoms with Crippen LogP contribution in [0.5, 0.6) is 11.5 Å². The fourth-order valence-corrected chi connectivity index (χ4v) is 3.91. The van der Waals surface area contributed by atoms with E-state index in [2.05, 4.69) is 25.4 Å². The van der Waals surface area contributed by atoms with Gasteiger partial charge in [-0.2, -0.15) is 10.5 Å². The van der Waals surface area contributed by atoms with E-state index < -0.39 is 79.2 Å². The molecule has 0 heterocycles. The zero-order valence-electron chi connectivity index (χ0n) is 27.0. The van der Waals surface area contributed by atoms with E-state index in [1.165, 1.54) is 36.4 Å². The Morgan fingerprint density at radius 1 is 0.755 bits per heavy atom. The summed E-state index contributed by atoms with van der Waals surface area (Å²) < 4.78 is 14.5. The minimum Gasteiger partial charge on any atom is -0.507 e. The lowest BCUT2D eigenvalue weighted by Crippen LogP contribution is -2.46. The first-order valence-corrected chi connectivity index (χ1v) is 14.6. The van der Waals surface area contributed by atoms with Crippen molar-refractivity contribution in [1.82, 2.24) is 20.9 Å². The number of hydrogen-bond donors (Lipinski definition) is 5. The van der Waals surface area contributed by atoms with Crippen molar-refractivity contribution in [1.29, 1.82) is 10.5 Å². The molecular weight excluding hydrogens is 644 g/mol. The molecule has 0 aromatic heterocycles. The van der Waals surface area contributed by atoms with E-state index in [1.807, 2.05) is 0 Å². The largest absolute Gasteiger partial charge is 0.507 e. The van der Waals surface area contributed by atoms with E-state index in [4.69, 9.17) is 15.3 Å². The summed E-state index contributed by atoms with van der Waals surface area (Å²) in [5.74, 6) is -4.71.